The summed E-state index contributed by atoms with van der Waals surface area (Å²) in [7, 11) is 2.84. The van der Waals surface area contributed by atoms with Crippen molar-refractivity contribution in [2.75, 3.05) is 14.2 Å². The number of aromatic nitrogens is 1. The maximum atomic E-state index is 12.9. The van der Waals surface area contributed by atoms with E-state index in [4.69, 9.17) is 9.47 Å². The molecule has 0 saturated heterocycles. The van der Waals surface area contributed by atoms with Crippen molar-refractivity contribution in [3.8, 4) is 5.75 Å². The number of hydrogen-bond acceptors (Lipinski definition) is 5. The van der Waals surface area contributed by atoms with E-state index in [1.54, 1.807) is 33.1 Å². The van der Waals surface area contributed by atoms with Crippen LogP contribution < -0.4 is 4.74 Å². The second kappa shape index (κ2) is 6.36. The lowest BCUT2D eigenvalue weighted by atomic mass is 9.83. The second-order valence-corrected chi connectivity index (χ2v) is 5.81. The van der Waals surface area contributed by atoms with Gasteiger partial charge in [-0.2, -0.15) is 0 Å². The Labute approximate surface area is 135 Å². The highest BCUT2D eigenvalue weighted by Gasteiger charge is 2.38. The van der Waals surface area contributed by atoms with Crippen LogP contribution in [0.3, 0.4) is 0 Å². The average Bonchev–Trinajstić information content (AvgIpc) is 2.58. The van der Waals surface area contributed by atoms with E-state index in [0.717, 1.165) is 12.1 Å². The molecule has 0 aliphatic carbocycles. The van der Waals surface area contributed by atoms with Gasteiger partial charge in [-0.25, -0.2) is 4.98 Å². The molecule has 0 saturated carbocycles. The van der Waals surface area contributed by atoms with E-state index in [2.05, 4.69) is 4.98 Å². The predicted molar refractivity (Wildman–Crippen MR) is 87.8 cm³/mol. The molecule has 5 heteroatoms. The van der Waals surface area contributed by atoms with Gasteiger partial charge in [0, 0.05) is 16.6 Å². The van der Waals surface area contributed by atoms with Gasteiger partial charge in [-0.1, -0.05) is 13.0 Å². The number of esters is 1. The molecule has 0 aliphatic rings. The third-order valence-electron chi connectivity index (χ3n) is 3.97. The number of Topliss-reactive ketones (excluding diaryl/α,β-unsaturated/α-hetero) is 1. The fourth-order valence-corrected chi connectivity index (χ4v) is 2.48. The maximum absolute atomic E-state index is 12.9. The molecule has 2 aromatic rings. The summed E-state index contributed by atoms with van der Waals surface area (Å²) in [6, 6.07) is 7.10. The number of aryl methyl sites for hydroxylation is 1. The Morgan fingerprint density at radius 3 is 2.39 bits per heavy atom. The summed E-state index contributed by atoms with van der Waals surface area (Å²) in [6.07, 6.45) is 0.783. The van der Waals surface area contributed by atoms with Gasteiger partial charge < -0.3 is 9.47 Å². The number of hydrogen-bond donors (Lipinski definition) is 0. The summed E-state index contributed by atoms with van der Waals surface area (Å²) in [5.74, 6) is -0.268. The highest BCUT2D eigenvalue weighted by Crippen LogP contribution is 2.32. The molecule has 2 rings (SSSR count). The average molecular weight is 315 g/mol. The van der Waals surface area contributed by atoms with Crippen LogP contribution in [0.2, 0.25) is 0 Å². The largest absolute Gasteiger partial charge is 0.494 e. The second-order valence-electron chi connectivity index (χ2n) is 5.81. The fourth-order valence-electron chi connectivity index (χ4n) is 2.48. The van der Waals surface area contributed by atoms with E-state index < -0.39 is 11.4 Å². The molecule has 0 aliphatic heterocycles. The van der Waals surface area contributed by atoms with Crippen LogP contribution in [0.15, 0.2) is 24.3 Å². The molecule has 0 spiro atoms. The lowest BCUT2D eigenvalue weighted by molar-refractivity contribution is -0.147. The third-order valence-corrected chi connectivity index (χ3v) is 3.97. The van der Waals surface area contributed by atoms with Crippen molar-refractivity contribution in [2.24, 2.45) is 5.41 Å². The van der Waals surface area contributed by atoms with Crippen molar-refractivity contribution in [2.45, 2.75) is 27.2 Å². The zero-order valence-corrected chi connectivity index (χ0v) is 14.1. The van der Waals surface area contributed by atoms with Gasteiger partial charge in [-0.3, -0.25) is 9.59 Å². The van der Waals surface area contributed by atoms with E-state index in [-0.39, 0.29) is 5.78 Å². The zero-order valence-electron chi connectivity index (χ0n) is 14.1. The highest BCUT2D eigenvalue weighted by atomic mass is 16.5. The zero-order chi connectivity index (χ0) is 17.2. The summed E-state index contributed by atoms with van der Waals surface area (Å²) in [6.45, 7) is 5.13. The number of carbonyl (C=O) groups excluding carboxylic acids is 2. The molecule has 122 valence electrons. The standard InChI is InChI=1S/C18H21NO4/c1-6-11-7-8-12-13(9-10-14(22-4)15(12)19-11)16(20)18(2,3)17(21)23-5/h7-10H,6H2,1-5H3. The highest BCUT2D eigenvalue weighted by molar-refractivity contribution is 6.17. The van der Waals surface area contributed by atoms with Crippen molar-refractivity contribution < 1.29 is 19.1 Å². The van der Waals surface area contributed by atoms with E-state index in [9.17, 15) is 9.59 Å². The van der Waals surface area contributed by atoms with E-state index in [0.29, 0.717) is 22.2 Å². The third kappa shape index (κ3) is 2.91. The van der Waals surface area contributed by atoms with E-state index >= 15 is 0 Å². The van der Waals surface area contributed by atoms with Crippen LogP contribution in [0.1, 0.15) is 36.8 Å². The molecule has 1 heterocycles. The Hall–Kier alpha value is -2.43. The number of methoxy groups -OCH3 is 2. The summed E-state index contributed by atoms with van der Waals surface area (Å²) < 4.78 is 10.1. The molecule has 23 heavy (non-hydrogen) atoms. The maximum Gasteiger partial charge on any atom is 0.319 e. The number of nitrogens with zero attached hydrogens (tertiary/aromatic N) is 1. The molecule has 0 unspecified atom stereocenters. The Bertz CT molecular complexity index is 765. The lowest BCUT2D eigenvalue weighted by Crippen LogP contribution is -2.34. The Kier molecular flexibility index (Phi) is 4.68. The van der Waals surface area contributed by atoms with Crippen LogP contribution in [0.25, 0.3) is 10.9 Å². The van der Waals surface area contributed by atoms with Gasteiger partial charge in [0.05, 0.1) is 14.2 Å². The number of fused-ring (bicyclic) bond motifs is 1. The fraction of sp³-hybridized carbons (Fsp3) is 0.389. The minimum absolute atomic E-state index is 0.303. The van der Waals surface area contributed by atoms with E-state index in [1.807, 2.05) is 19.1 Å². The lowest BCUT2D eigenvalue weighted by Gasteiger charge is -2.21. The minimum atomic E-state index is -1.26. The summed E-state index contributed by atoms with van der Waals surface area (Å²) in [5.41, 5.74) is 0.706. The SMILES string of the molecule is CCc1ccc2c(C(=O)C(C)(C)C(=O)OC)ccc(OC)c2n1. The number of ketones is 1. The first-order chi connectivity index (χ1) is 10.9. The van der Waals surface area contributed by atoms with Gasteiger partial charge in [0.1, 0.15) is 16.7 Å². The molecule has 0 atom stereocenters. The molecule has 0 radical (unpaired) electrons. The van der Waals surface area contributed by atoms with Crippen LogP contribution in [0.5, 0.6) is 5.75 Å². The van der Waals surface area contributed by atoms with Gasteiger partial charge in [-0.05, 0) is 38.5 Å². The molecular formula is C18H21NO4. The molecule has 5 nitrogen and oxygen atoms in total. The number of ether oxygens (including phenoxy) is 2. The minimum Gasteiger partial charge on any atom is -0.494 e. The number of pyridine rings is 1. The van der Waals surface area contributed by atoms with Gasteiger partial charge in [0.25, 0.3) is 0 Å². The summed E-state index contributed by atoms with van der Waals surface area (Å²) in [4.78, 5) is 29.4. The Balaban J connectivity index is 2.67. The molecule has 0 amide bonds. The Morgan fingerprint density at radius 2 is 1.83 bits per heavy atom. The molecular weight excluding hydrogens is 294 g/mol. The molecule has 0 N–H and O–H groups in total. The monoisotopic (exact) mass is 315 g/mol. The first-order valence-electron chi connectivity index (χ1n) is 7.46. The molecule has 0 bridgehead atoms. The predicted octanol–water partition coefficient (Wildman–Crippen LogP) is 3.19. The molecule has 0 fully saturated rings. The normalized spacial score (nSPS) is 11.3. The van der Waals surface area contributed by atoms with Crippen LogP contribution >= 0.6 is 0 Å². The summed E-state index contributed by atoms with van der Waals surface area (Å²) in [5, 5.41) is 0.670. The molecule has 1 aromatic carbocycles. The van der Waals surface area contributed by atoms with Gasteiger partial charge in [0.15, 0.2) is 5.78 Å². The van der Waals surface area contributed by atoms with Crippen molar-refractivity contribution >= 4 is 22.7 Å². The number of carbonyl (C=O) groups is 2. The molecule has 1 aromatic heterocycles. The van der Waals surface area contributed by atoms with E-state index in [1.165, 1.54) is 7.11 Å². The first-order valence-corrected chi connectivity index (χ1v) is 7.46. The topological polar surface area (TPSA) is 65.5 Å². The Morgan fingerprint density at radius 1 is 1.13 bits per heavy atom. The van der Waals surface area contributed by atoms with Crippen molar-refractivity contribution in [3.05, 3.63) is 35.5 Å². The van der Waals surface area contributed by atoms with Crippen LogP contribution in [0.4, 0.5) is 0 Å². The van der Waals surface area contributed by atoms with Gasteiger partial charge in [0.2, 0.25) is 0 Å². The smallest absolute Gasteiger partial charge is 0.319 e. The van der Waals surface area contributed by atoms with Crippen molar-refractivity contribution in [1.29, 1.82) is 0 Å². The summed E-state index contributed by atoms with van der Waals surface area (Å²) >= 11 is 0. The number of rotatable bonds is 5. The van der Waals surface area contributed by atoms with Crippen molar-refractivity contribution in [3.63, 3.8) is 0 Å². The van der Waals surface area contributed by atoms with Crippen molar-refractivity contribution in [1.82, 2.24) is 4.98 Å². The van der Waals surface area contributed by atoms with Gasteiger partial charge in [-0.15, -0.1) is 0 Å². The quantitative estimate of drug-likeness (QED) is 0.481. The number of benzene rings is 1. The van der Waals surface area contributed by atoms with Gasteiger partial charge >= 0.3 is 5.97 Å². The van der Waals surface area contributed by atoms with Crippen LogP contribution in [-0.4, -0.2) is 31.0 Å². The van der Waals surface area contributed by atoms with Crippen LogP contribution in [0, 0.1) is 5.41 Å². The van der Waals surface area contributed by atoms with Crippen LogP contribution in [-0.2, 0) is 16.0 Å². The first kappa shape index (κ1) is 16.9.